The highest BCUT2D eigenvalue weighted by Gasteiger charge is 2.36. The van der Waals surface area contributed by atoms with Crippen LogP contribution >= 0.6 is 0 Å². The fourth-order valence-electron chi connectivity index (χ4n) is 1.97. The van der Waals surface area contributed by atoms with Crippen LogP contribution in [0.5, 0.6) is 5.75 Å². The van der Waals surface area contributed by atoms with E-state index < -0.39 is 17.8 Å². The molecular weight excluding hydrogens is 262 g/mol. The Bertz CT molecular complexity index is 636. The van der Waals surface area contributed by atoms with Gasteiger partial charge >= 0.3 is 5.97 Å². The van der Waals surface area contributed by atoms with E-state index in [4.69, 9.17) is 4.74 Å². The molecule has 6 heteroatoms. The summed E-state index contributed by atoms with van der Waals surface area (Å²) < 4.78 is 5.02. The van der Waals surface area contributed by atoms with E-state index in [-0.39, 0.29) is 11.3 Å². The number of ether oxygens (including phenoxy) is 1. The van der Waals surface area contributed by atoms with Crippen LogP contribution in [0.4, 0.5) is 5.69 Å². The zero-order valence-electron chi connectivity index (χ0n) is 11.3. The minimum absolute atomic E-state index is 0.0167. The Morgan fingerprint density at radius 1 is 1.15 bits per heavy atom. The molecule has 0 atom stereocenters. The summed E-state index contributed by atoms with van der Waals surface area (Å²) in [5.74, 6) is -1.87. The number of carbonyl (C=O) groups is 3. The summed E-state index contributed by atoms with van der Waals surface area (Å²) in [4.78, 5) is 36.4. The van der Waals surface area contributed by atoms with Gasteiger partial charge < -0.3 is 9.84 Å². The first kappa shape index (κ1) is 13.8. The molecule has 0 aliphatic carbocycles. The van der Waals surface area contributed by atoms with E-state index in [1.165, 1.54) is 39.2 Å². The Balaban J connectivity index is 2.61. The largest absolute Gasteiger partial charge is 0.497 e. The Labute approximate surface area is 115 Å². The normalized spacial score (nSPS) is 15.1. The molecule has 2 rings (SSSR count). The minimum Gasteiger partial charge on any atom is -0.497 e. The number of rotatable bonds is 3. The van der Waals surface area contributed by atoms with Crippen molar-refractivity contribution in [3.8, 4) is 5.75 Å². The number of nitrogens with zero attached hydrogens (tertiary/aromatic N) is 1. The van der Waals surface area contributed by atoms with Gasteiger partial charge in [-0.25, -0.2) is 9.69 Å². The molecule has 1 aliphatic heterocycles. The number of carbonyl (C=O) groups excluding carboxylic acids is 2. The maximum Gasteiger partial charge on any atom is 0.337 e. The highest BCUT2D eigenvalue weighted by Crippen LogP contribution is 2.32. The highest BCUT2D eigenvalue weighted by molar-refractivity contribution is 6.33. The van der Waals surface area contributed by atoms with E-state index >= 15 is 0 Å². The second-order valence-corrected chi connectivity index (χ2v) is 4.38. The maximum absolute atomic E-state index is 12.1. The third-order valence-electron chi connectivity index (χ3n) is 3.29. The van der Waals surface area contributed by atoms with E-state index in [0.717, 1.165) is 4.90 Å². The third-order valence-corrected chi connectivity index (χ3v) is 3.29. The van der Waals surface area contributed by atoms with E-state index in [9.17, 15) is 19.5 Å². The van der Waals surface area contributed by atoms with Crippen LogP contribution in [0.2, 0.25) is 0 Å². The first-order valence-electron chi connectivity index (χ1n) is 5.86. The second kappa shape index (κ2) is 4.80. The third kappa shape index (κ3) is 1.95. The summed E-state index contributed by atoms with van der Waals surface area (Å²) in [5, 5.41) is 9.19. The molecule has 0 unspecified atom stereocenters. The average molecular weight is 275 g/mol. The van der Waals surface area contributed by atoms with Gasteiger partial charge in [-0.3, -0.25) is 9.59 Å². The van der Waals surface area contributed by atoms with E-state index in [1.54, 1.807) is 0 Å². The number of hydrogen-bond donors (Lipinski definition) is 1. The molecule has 1 aromatic carbocycles. The maximum atomic E-state index is 12.1. The molecule has 104 valence electrons. The first-order chi connectivity index (χ1) is 9.38. The van der Waals surface area contributed by atoms with Crippen LogP contribution in [0.15, 0.2) is 29.3 Å². The second-order valence-electron chi connectivity index (χ2n) is 4.38. The number of aromatic carboxylic acids is 1. The SMILES string of the molecule is COc1ccc(C(=O)O)c(N2C(=O)C(C)=C(C)C2=O)c1. The molecule has 2 amide bonds. The van der Waals surface area contributed by atoms with Crippen LogP contribution < -0.4 is 9.64 Å². The molecule has 1 aliphatic rings. The molecule has 0 fully saturated rings. The number of carboxylic acid groups (broad SMARTS) is 1. The van der Waals surface area contributed by atoms with Crippen molar-refractivity contribution >= 4 is 23.5 Å². The van der Waals surface area contributed by atoms with Crippen molar-refractivity contribution in [2.75, 3.05) is 12.0 Å². The van der Waals surface area contributed by atoms with Crippen molar-refractivity contribution in [1.82, 2.24) is 0 Å². The fourth-order valence-corrected chi connectivity index (χ4v) is 1.97. The van der Waals surface area contributed by atoms with Gasteiger partial charge in [0.15, 0.2) is 0 Å². The Hall–Kier alpha value is -2.63. The molecule has 6 nitrogen and oxygen atoms in total. The Kier molecular flexibility index (Phi) is 3.31. The smallest absolute Gasteiger partial charge is 0.337 e. The minimum atomic E-state index is -1.22. The van der Waals surface area contributed by atoms with Crippen LogP contribution in [0, 0.1) is 0 Å². The summed E-state index contributed by atoms with van der Waals surface area (Å²) in [6.07, 6.45) is 0. The van der Waals surface area contributed by atoms with Gasteiger partial charge in [-0.2, -0.15) is 0 Å². The van der Waals surface area contributed by atoms with Crippen molar-refractivity contribution < 1.29 is 24.2 Å². The monoisotopic (exact) mass is 275 g/mol. The molecule has 0 saturated carbocycles. The summed E-state index contributed by atoms with van der Waals surface area (Å²) >= 11 is 0. The van der Waals surface area contributed by atoms with Crippen LogP contribution in [0.1, 0.15) is 24.2 Å². The lowest BCUT2D eigenvalue weighted by atomic mass is 10.1. The first-order valence-corrected chi connectivity index (χ1v) is 5.86. The number of carboxylic acids is 1. The predicted molar refractivity (Wildman–Crippen MR) is 70.8 cm³/mol. The van der Waals surface area contributed by atoms with Crippen molar-refractivity contribution in [2.24, 2.45) is 0 Å². The Morgan fingerprint density at radius 3 is 2.15 bits per heavy atom. The zero-order valence-corrected chi connectivity index (χ0v) is 11.3. The standard InChI is InChI=1S/C14H13NO5/c1-7-8(2)13(17)15(12(7)16)11-6-9(20-3)4-5-10(11)14(18)19/h4-6H,1-3H3,(H,18,19). The zero-order chi connectivity index (χ0) is 15.0. The van der Waals surface area contributed by atoms with Crippen LogP contribution in [-0.4, -0.2) is 30.0 Å². The van der Waals surface area contributed by atoms with Gasteiger partial charge in [-0.15, -0.1) is 0 Å². The lowest BCUT2D eigenvalue weighted by Crippen LogP contribution is -2.32. The quantitative estimate of drug-likeness (QED) is 0.847. The lowest BCUT2D eigenvalue weighted by molar-refractivity contribution is -0.120. The summed E-state index contributed by atoms with van der Waals surface area (Å²) in [6.45, 7) is 3.08. The van der Waals surface area contributed by atoms with Crippen molar-refractivity contribution in [3.63, 3.8) is 0 Å². The van der Waals surface area contributed by atoms with Crippen molar-refractivity contribution in [2.45, 2.75) is 13.8 Å². The van der Waals surface area contributed by atoms with Gasteiger partial charge in [-0.05, 0) is 26.0 Å². The Morgan fingerprint density at radius 2 is 1.70 bits per heavy atom. The van der Waals surface area contributed by atoms with Gasteiger partial charge in [-0.1, -0.05) is 0 Å². The molecular formula is C14H13NO5. The number of anilines is 1. The number of benzene rings is 1. The lowest BCUT2D eigenvalue weighted by Gasteiger charge is -2.18. The molecule has 0 bridgehead atoms. The van der Waals surface area contributed by atoms with Gasteiger partial charge in [0.05, 0.1) is 18.4 Å². The van der Waals surface area contributed by atoms with E-state index in [2.05, 4.69) is 0 Å². The summed E-state index contributed by atoms with van der Waals surface area (Å²) in [5.41, 5.74) is 0.515. The van der Waals surface area contributed by atoms with Gasteiger partial charge in [0.2, 0.25) is 0 Å². The van der Waals surface area contributed by atoms with Crippen LogP contribution in [-0.2, 0) is 9.59 Å². The van der Waals surface area contributed by atoms with Gasteiger partial charge in [0, 0.05) is 17.2 Å². The van der Waals surface area contributed by atoms with E-state index in [1.807, 2.05) is 0 Å². The number of imide groups is 1. The topological polar surface area (TPSA) is 83.9 Å². The molecule has 1 N–H and O–H groups in total. The van der Waals surface area contributed by atoms with Gasteiger partial charge in [0.1, 0.15) is 5.75 Å². The summed E-state index contributed by atoms with van der Waals surface area (Å²) in [6, 6.07) is 4.14. The highest BCUT2D eigenvalue weighted by atomic mass is 16.5. The number of methoxy groups -OCH3 is 1. The molecule has 0 saturated heterocycles. The molecule has 0 aromatic heterocycles. The molecule has 0 spiro atoms. The molecule has 1 aromatic rings. The van der Waals surface area contributed by atoms with Crippen molar-refractivity contribution in [1.29, 1.82) is 0 Å². The molecule has 1 heterocycles. The van der Waals surface area contributed by atoms with Crippen LogP contribution in [0.25, 0.3) is 0 Å². The number of amides is 2. The van der Waals surface area contributed by atoms with E-state index in [0.29, 0.717) is 16.9 Å². The molecule has 0 radical (unpaired) electrons. The number of hydrogen-bond acceptors (Lipinski definition) is 4. The van der Waals surface area contributed by atoms with Crippen molar-refractivity contribution in [3.05, 3.63) is 34.9 Å². The summed E-state index contributed by atoms with van der Waals surface area (Å²) in [7, 11) is 1.42. The van der Waals surface area contributed by atoms with Crippen LogP contribution in [0.3, 0.4) is 0 Å². The average Bonchev–Trinajstić information content (AvgIpc) is 2.62. The fraction of sp³-hybridized carbons (Fsp3) is 0.214. The van der Waals surface area contributed by atoms with Gasteiger partial charge in [0.25, 0.3) is 11.8 Å². The molecule has 20 heavy (non-hydrogen) atoms. The predicted octanol–water partition coefficient (Wildman–Crippen LogP) is 1.60.